The molecule has 0 aliphatic carbocycles. The van der Waals surface area contributed by atoms with Crippen LogP contribution in [-0.2, 0) is 14.8 Å². The first-order valence-electron chi connectivity index (χ1n) is 5.29. The Morgan fingerprint density at radius 1 is 1.35 bits per heavy atom. The van der Waals surface area contributed by atoms with Crippen molar-refractivity contribution >= 4 is 15.7 Å². The van der Waals surface area contributed by atoms with Crippen molar-refractivity contribution in [2.24, 2.45) is 11.1 Å². The zero-order chi connectivity index (χ0) is 12.9. The van der Waals surface area contributed by atoms with Crippen LogP contribution in [0.4, 0.5) is 5.69 Å². The summed E-state index contributed by atoms with van der Waals surface area (Å²) < 4.78 is 27.1. The van der Waals surface area contributed by atoms with Crippen molar-refractivity contribution in [1.29, 1.82) is 0 Å². The van der Waals surface area contributed by atoms with Gasteiger partial charge in [-0.3, -0.25) is 0 Å². The number of sulfonamides is 1. The molecule has 6 heteroatoms. The van der Waals surface area contributed by atoms with E-state index in [1.165, 1.54) is 12.1 Å². The molecule has 0 spiro atoms. The molecule has 1 atom stereocenters. The fraction of sp³-hybridized carbons (Fsp3) is 0.455. The highest BCUT2D eigenvalue weighted by Crippen LogP contribution is 2.13. The van der Waals surface area contributed by atoms with Gasteiger partial charge in [-0.2, -0.15) is 0 Å². The van der Waals surface area contributed by atoms with Crippen LogP contribution in [0, 0.1) is 5.92 Å². The maximum atomic E-state index is 11.0. The molecule has 1 rings (SSSR count). The second-order valence-corrected chi connectivity index (χ2v) is 5.57. The first kappa shape index (κ1) is 14.0. The van der Waals surface area contributed by atoms with E-state index in [1.807, 2.05) is 0 Å². The molecule has 0 bridgehead atoms. The predicted molar refractivity (Wildman–Crippen MR) is 67.3 cm³/mol. The lowest BCUT2D eigenvalue weighted by atomic mass is 10.2. The second-order valence-electron chi connectivity index (χ2n) is 4.01. The Balaban J connectivity index is 2.57. The third-order valence-electron chi connectivity index (χ3n) is 2.29. The van der Waals surface area contributed by atoms with E-state index in [1.54, 1.807) is 19.2 Å². The molecule has 5 nitrogen and oxygen atoms in total. The summed E-state index contributed by atoms with van der Waals surface area (Å²) in [6, 6.07) is 6.36. The summed E-state index contributed by atoms with van der Waals surface area (Å²) in [6.45, 7) is 3.51. The quantitative estimate of drug-likeness (QED) is 0.798. The van der Waals surface area contributed by atoms with Gasteiger partial charge in [0.05, 0.1) is 11.5 Å². The van der Waals surface area contributed by atoms with Crippen molar-refractivity contribution in [3.05, 3.63) is 24.3 Å². The maximum Gasteiger partial charge on any atom is 0.238 e. The summed E-state index contributed by atoms with van der Waals surface area (Å²) in [7, 11) is -1.94. The van der Waals surface area contributed by atoms with Gasteiger partial charge >= 0.3 is 0 Å². The van der Waals surface area contributed by atoms with E-state index in [0.717, 1.165) is 12.2 Å². The highest BCUT2D eigenvalue weighted by molar-refractivity contribution is 7.89. The molecule has 1 aromatic carbocycles. The first-order chi connectivity index (χ1) is 7.93. The van der Waals surface area contributed by atoms with E-state index >= 15 is 0 Å². The molecule has 1 unspecified atom stereocenters. The van der Waals surface area contributed by atoms with Gasteiger partial charge in [0.1, 0.15) is 0 Å². The summed E-state index contributed by atoms with van der Waals surface area (Å²) in [6.07, 6.45) is 0. The number of benzene rings is 1. The van der Waals surface area contributed by atoms with Crippen molar-refractivity contribution < 1.29 is 13.2 Å². The van der Waals surface area contributed by atoms with Gasteiger partial charge < -0.3 is 10.1 Å². The van der Waals surface area contributed by atoms with Gasteiger partial charge in [0.15, 0.2) is 0 Å². The topological polar surface area (TPSA) is 81.4 Å². The first-order valence-corrected chi connectivity index (χ1v) is 6.84. The molecule has 96 valence electrons. The van der Waals surface area contributed by atoms with Gasteiger partial charge in [-0.05, 0) is 30.2 Å². The Kier molecular flexibility index (Phi) is 4.92. The zero-order valence-corrected chi connectivity index (χ0v) is 10.8. The standard InChI is InChI=1S/C11H18N2O3S/c1-9(8-16-2)7-13-10-3-5-11(6-4-10)17(12,14)15/h3-6,9,13H,7-8H2,1-2H3,(H2,12,14,15). The average molecular weight is 258 g/mol. The Morgan fingerprint density at radius 3 is 2.41 bits per heavy atom. The van der Waals surface area contributed by atoms with Gasteiger partial charge in [-0.1, -0.05) is 6.92 Å². The van der Waals surface area contributed by atoms with Crippen LogP contribution in [0.25, 0.3) is 0 Å². The van der Waals surface area contributed by atoms with Gasteiger partial charge in [0.2, 0.25) is 10.0 Å². The van der Waals surface area contributed by atoms with Crippen LogP contribution in [0.15, 0.2) is 29.2 Å². The van der Waals surface area contributed by atoms with E-state index in [2.05, 4.69) is 12.2 Å². The third-order valence-corrected chi connectivity index (χ3v) is 3.22. The normalized spacial score (nSPS) is 13.4. The minimum Gasteiger partial charge on any atom is -0.385 e. The molecule has 0 aliphatic rings. The summed E-state index contributed by atoms with van der Waals surface area (Å²) in [5.41, 5.74) is 0.861. The number of hydrogen-bond acceptors (Lipinski definition) is 4. The van der Waals surface area contributed by atoms with Crippen molar-refractivity contribution in [2.45, 2.75) is 11.8 Å². The molecule has 0 aromatic heterocycles. The molecule has 0 fully saturated rings. The monoisotopic (exact) mass is 258 g/mol. The number of ether oxygens (including phenoxy) is 1. The lowest BCUT2D eigenvalue weighted by Gasteiger charge is -2.12. The molecule has 17 heavy (non-hydrogen) atoms. The van der Waals surface area contributed by atoms with Crippen LogP contribution in [0.3, 0.4) is 0 Å². The van der Waals surface area contributed by atoms with Crippen molar-refractivity contribution in [2.75, 3.05) is 25.6 Å². The van der Waals surface area contributed by atoms with Crippen molar-refractivity contribution in [3.8, 4) is 0 Å². The van der Waals surface area contributed by atoms with E-state index in [-0.39, 0.29) is 4.90 Å². The molecular formula is C11H18N2O3S. The Labute approximate surface area is 102 Å². The number of primary sulfonamides is 1. The van der Waals surface area contributed by atoms with Crippen LogP contribution in [-0.4, -0.2) is 28.7 Å². The Morgan fingerprint density at radius 2 is 1.94 bits per heavy atom. The molecule has 0 aliphatic heterocycles. The number of hydrogen-bond donors (Lipinski definition) is 2. The highest BCUT2D eigenvalue weighted by Gasteiger charge is 2.07. The number of nitrogens with two attached hydrogens (primary N) is 1. The Hall–Kier alpha value is -1.11. The minimum atomic E-state index is -3.61. The summed E-state index contributed by atoms with van der Waals surface area (Å²) in [4.78, 5) is 0.119. The molecular weight excluding hydrogens is 240 g/mol. The number of nitrogens with one attached hydrogen (secondary N) is 1. The fourth-order valence-electron chi connectivity index (χ4n) is 1.40. The van der Waals surface area contributed by atoms with Crippen LogP contribution in [0.5, 0.6) is 0 Å². The fourth-order valence-corrected chi connectivity index (χ4v) is 1.91. The summed E-state index contributed by atoms with van der Waals surface area (Å²) in [5, 5.41) is 8.20. The zero-order valence-electron chi connectivity index (χ0n) is 10.0. The SMILES string of the molecule is COCC(C)CNc1ccc(S(N)(=O)=O)cc1. The van der Waals surface area contributed by atoms with Crippen molar-refractivity contribution in [1.82, 2.24) is 0 Å². The summed E-state index contributed by atoms with van der Waals surface area (Å²) in [5.74, 6) is 0.387. The summed E-state index contributed by atoms with van der Waals surface area (Å²) >= 11 is 0. The molecule has 0 saturated carbocycles. The molecule has 3 N–H and O–H groups in total. The third kappa shape index (κ3) is 4.72. The number of rotatable bonds is 6. The Bertz CT molecular complexity index is 442. The van der Waals surface area contributed by atoms with Crippen molar-refractivity contribution in [3.63, 3.8) is 0 Å². The minimum absolute atomic E-state index is 0.119. The second kappa shape index (κ2) is 6.00. The van der Waals surface area contributed by atoms with Gasteiger partial charge in [0.25, 0.3) is 0 Å². The lowest BCUT2D eigenvalue weighted by Crippen LogP contribution is -2.16. The van der Waals surface area contributed by atoms with E-state index in [9.17, 15) is 8.42 Å². The number of anilines is 1. The van der Waals surface area contributed by atoms with Gasteiger partial charge in [0, 0.05) is 19.3 Å². The molecule has 0 heterocycles. The van der Waals surface area contributed by atoms with E-state index in [0.29, 0.717) is 12.5 Å². The number of methoxy groups -OCH3 is 1. The largest absolute Gasteiger partial charge is 0.385 e. The van der Waals surface area contributed by atoms with Gasteiger partial charge in [-0.15, -0.1) is 0 Å². The van der Waals surface area contributed by atoms with Crippen LogP contribution in [0.1, 0.15) is 6.92 Å². The molecule has 0 amide bonds. The average Bonchev–Trinajstić information content (AvgIpc) is 2.26. The van der Waals surface area contributed by atoms with Gasteiger partial charge in [-0.25, -0.2) is 13.6 Å². The van der Waals surface area contributed by atoms with E-state index < -0.39 is 10.0 Å². The smallest absolute Gasteiger partial charge is 0.238 e. The maximum absolute atomic E-state index is 11.0. The lowest BCUT2D eigenvalue weighted by molar-refractivity contribution is 0.164. The predicted octanol–water partition coefficient (Wildman–Crippen LogP) is 1.03. The van der Waals surface area contributed by atoms with Crippen LogP contribution >= 0.6 is 0 Å². The molecule has 0 radical (unpaired) electrons. The highest BCUT2D eigenvalue weighted by atomic mass is 32.2. The molecule has 0 saturated heterocycles. The van der Waals surface area contributed by atoms with Crippen LogP contribution < -0.4 is 10.5 Å². The van der Waals surface area contributed by atoms with E-state index in [4.69, 9.17) is 9.88 Å². The molecule has 1 aromatic rings. The van der Waals surface area contributed by atoms with Crippen LogP contribution in [0.2, 0.25) is 0 Å².